The van der Waals surface area contributed by atoms with Crippen molar-refractivity contribution in [1.29, 1.82) is 0 Å². The molecule has 1 amide bonds. The molecule has 0 rings (SSSR count). The summed E-state index contributed by atoms with van der Waals surface area (Å²) in [5.41, 5.74) is 0. The lowest BCUT2D eigenvalue weighted by molar-refractivity contribution is -0.133. The van der Waals surface area contributed by atoms with Crippen LogP contribution in [-0.2, 0) is 14.8 Å². The summed E-state index contributed by atoms with van der Waals surface area (Å²) in [4.78, 5) is 13.6. The lowest BCUT2D eigenvalue weighted by atomic mass is 10.0. The third-order valence-corrected chi connectivity index (χ3v) is 3.14. The highest BCUT2D eigenvalue weighted by molar-refractivity contribution is 7.88. The van der Waals surface area contributed by atoms with E-state index in [1.807, 2.05) is 13.8 Å². The summed E-state index contributed by atoms with van der Waals surface area (Å²) < 4.78 is 24.9. The van der Waals surface area contributed by atoms with E-state index in [1.165, 1.54) is 4.90 Å². The van der Waals surface area contributed by atoms with Crippen LogP contribution in [0.3, 0.4) is 0 Å². The first kappa shape index (κ1) is 17.3. The van der Waals surface area contributed by atoms with Gasteiger partial charge in [-0.1, -0.05) is 13.8 Å². The first-order chi connectivity index (χ1) is 8.21. The molecule has 0 saturated carbocycles. The predicted octanol–water partition coefficient (Wildman–Crippen LogP) is -0.209. The maximum Gasteiger partial charge on any atom is 0.240 e. The molecule has 0 aromatic rings. The van der Waals surface area contributed by atoms with Crippen LogP contribution in [0.15, 0.2) is 0 Å². The molecular weight excluding hydrogens is 256 g/mol. The fourth-order valence-corrected chi connectivity index (χ4v) is 2.41. The van der Waals surface area contributed by atoms with Gasteiger partial charge < -0.3 is 10.0 Å². The van der Waals surface area contributed by atoms with Crippen molar-refractivity contribution in [2.75, 3.05) is 26.0 Å². The Morgan fingerprint density at radius 2 is 1.94 bits per heavy atom. The second-order valence-electron chi connectivity index (χ2n) is 4.71. The van der Waals surface area contributed by atoms with Gasteiger partial charge >= 0.3 is 0 Å². The molecule has 0 aromatic heterocycles. The van der Waals surface area contributed by atoms with Gasteiger partial charge in [0, 0.05) is 13.1 Å². The Bertz CT molecular complexity index is 354. The molecule has 18 heavy (non-hydrogen) atoms. The largest absolute Gasteiger partial charge is 0.395 e. The zero-order valence-corrected chi connectivity index (χ0v) is 12.3. The van der Waals surface area contributed by atoms with E-state index in [1.54, 1.807) is 6.92 Å². The van der Waals surface area contributed by atoms with Gasteiger partial charge in [0.2, 0.25) is 15.9 Å². The average Bonchev–Trinajstić information content (AvgIpc) is 2.21. The summed E-state index contributed by atoms with van der Waals surface area (Å²) in [5.74, 6) is -0.0910. The minimum atomic E-state index is -3.43. The van der Waals surface area contributed by atoms with E-state index in [-0.39, 0.29) is 25.0 Å². The topological polar surface area (TPSA) is 86.7 Å². The van der Waals surface area contributed by atoms with Crippen LogP contribution in [0.25, 0.3) is 0 Å². The molecule has 7 heteroatoms. The Morgan fingerprint density at radius 3 is 2.28 bits per heavy atom. The molecule has 1 unspecified atom stereocenters. The molecule has 0 heterocycles. The number of sulfonamides is 1. The van der Waals surface area contributed by atoms with Crippen LogP contribution >= 0.6 is 0 Å². The third kappa shape index (κ3) is 6.93. The standard InChI is InChI=1S/C11H24N2O4S/c1-5-13(6-7-14)11(15)10(8-9(2)3)12-18(4,16)17/h9-10,12,14H,5-8H2,1-4H3. The quantitative estimate of drug-likeness (QED) is 0.644. The number of amides is 1. The van der Waals surface area contributed by atoms with E-state index >= 15 is 0 Å². The van der Waals surface area contributed by atoms with Gasteiger partial charge in [0.15, 0.2) is 0 Å². The molecule has 0 radical (unpaired) electrons. The highest BCUT2D eigenvalue weighted by atomic mass is 32.2. The van der Waals surface area contributed by atoms with Crippen LogP contribution in [0.4, 0.5) is 0 Å². The monoisotopic (exact) mass is 280 g/mol. The number of aliphatic hydroxyl groups is 1. The number of likely N-dealkylation sites (N-methyl/N-ethyl adjacent to an activating group) is 1. The van der Waals surface area contributed by atoms with Crippen molar-refractivity contribution in [3.05, 3.63) is 0 Å². The van der Waals surface area contributed by atoms with Crippen molar-refractivity contribution in [3.8, 4) is 0 Å². The lowest BCUT2D eigenvalue weighted by Gasteiger charge is -2.26. The molecular formula is C11H24N2O4S. The number of carbonyl (C=O) groups excluding carboxylic acids is 1. The van der Waals surface area contributed by atoms with Crippen LogP contribution in [0.5, 0.6) is 0 Å². The maximum absolute atomic E-state index is 12.2. The van der Waals surface area contributed by atoms with Crippen molar-refractivity contribution in [2.24, 2.45) is 5.92 Å². The molecule has 108 valence electrons. The van der Waals surface area contributed by atoms with Crippen LogP contribution in [0, 0.1) is 5.92 Å². The highest BCUT2D eigenvalue weighted by Gasteiger charge is 2.26. The Balaban J connectivity index is 4.88. The van der Waals surface area contributed by atoms with E-state index in [0.29, 0.717) is 13.0 Å². The Kier molecular flexibility index (Phi) is 7.42. The van der Waals surface area contributed by atoms with Gasteiger partial charge in [-0.25, -0.2) is 13.1 Å². The third-order valence-electron chi connectivity index (χ3n) is 2.42. The Hall–Kier alpha value is -0.660. The SMILES string of the molecule is CCN(CCO)C(=O)C(CC(C)C)NS(C)(=O)=O. The summed E-state index contributed by atoms with van der Waals surface area (Å²) >= 11 is 0. The highest BCUT2D eigenvalue weighted by Crippen LogP contribution is 2.09. The molecule has 0 fully saturated rings. The molecule has 0 aliphatic heterocycles. The number of carbonyl (C=O) groups is 1. The summed E-state index contributed by atoms with van der Waals surface area (Å²) in [7, 11) is -3.43. The lowest BCUT2D eigenvalue weighted by Crippen LogP contribution is -2.49. The number of hydrogen-bond acceptors (Lipinski definition) is 4. The number of rotatable bonds is 8. The summed E-state index contributed by atoms with van der Waals surface area (Å²) in [5, 5.41) is 8.88. The number of nitrogens with one attached hydrogen (secondary N) is 1. The van der Waals surface area contributed by atoms with E-state index in [4.69, 9.17) is 5.11 Å². The van der Waals surface area contributed by atoms with Crippen molar-refractivity contribution >= 4 is 15.9 Å². The molecule has 0 aliphatic carbocycles. The fraction of sp³-hybridized carbons (Fsp3) is 0.909. The molecule has 0 bridgehead atoms. The smallest absolute Gasteiger partial charge is 0.240 e. The summed E-state index contributed by atoms with van der Waals surface area (Å²) in [6.45, 7) is 6.17. The molecule has 0 saturated heterocycles. The molecule has 2 N–H and O–H groups in total. The zero-order valence-electron chi connectivity index (χ0n) is 11.5. The Labute approximate surface area is 109 Å². The van der Waals surface area contributed by atoms with E-state index < -0.39 is 16.1 Å². The van der Waals surface area contributed by atoms with Crippen LogP contribution in [0.2, 0.25) is 0 Å². The average molecular weight is 280 g/mol. The van der Waals surface area contributed by atoms with Crippen molar-refractivity contribution < 1.29 is 18.3 Å². The van der Waals surface area contributed by atoms with Gasteiger partial charge in [-0.2, -0.15) is 0 Å². The van der Waals surface area contributed by atoms with Crippen molar-refractivity contribution in [1.82, 2.24) is 9.62 Å². The van der Waals surface area contributed by atoms with E-state index in [0.717, 1.165) is 6.26 Å². The van der Waals surface area contributed by atoms with Crippen LogP contribution < -0.4 is 4.72 Å². The maximum atomic E-state index is 12.2. The number of aliphatic hydroxyl groups excluding tert-OH is 1. The zero-order chi connectivity index (χ0) is 14.3. The molecule has 6 nitrogen and oxygen atoms in total. The van der Waals surface area contributed by atoms with Crippen molar-refractivity contribution in [2.45, 2.75) is 33.2 Å². The van der Waals surface area contributed by atoms with Crippen LogP contribution in [-0.4, -0.2) is 56.3 Å². The molecule has 0 aromatic carbocycles. The fourth-order valence-electron chi connectivity index (χ4n) is 1.69. The van der Waals surface area contributed by atoms with Crippen LogP contribution in [0.1, 0.15) is 27.2 Å². The number of nitrogens with zero attached hydrogens (tertiary/aromatic N) is 1. The van der Waals surface area contributed by atoms with E-state index in [2.05, 4.69) is 4.72 Å². The first-order valence-corrected chi connectivity index (χ1v) is 7.97. The molecule has 0 aliphatic rings. The first-order valence-electron chi connectivity index (χ1n) is 6.08. The van der Waals surface area contributed by atoms with Gasteiger partial charge in [-0.05, 0) is 19.3 Å². The predicted molar refractivity (Wildman–Crippen MR) is 70.6 cm³/mol. The molecule has 0 spiro atoms. The van der Waals surface area contributed by atoms with Gasteiger partial charge in [-0.15, -0.1) is 0 Å². The van der Waals surface area contributed by atoms with Gasteiger partial charge in [-0.3, -0.25) is 4.79 Å². The van der Waals surface area contributed by atoms with Crippen molar-refractivity contribution in [3.63, 3.8) is 0 Å². The second kappa shape index (κ2) is 7.70. The second-order valence-corrected chi connectivity index (χ2v) is 6.49. The minimum absolute atomic E-state index is 0.132. The number of hydrogen-bond donors (Lipinski definition) is 2. The normalized spacial score (nSPS) is 13.7. The van der Waals surface area contributed by atoms with E-state index in [9.17, 15) is 13.2 Å². The van der Waals surface area contributed by atoms with Gasteiger partial charge in [0.1, 0.15) is 6.04 Å². The Morgan fingerprint density at radius 1 is 1.39 bits per heavy atom. The summed E-state index contributed by atoms with van der Waals surface area (Å²) in [6.07, 6.45) is 1.48. The minimum Gasteiger partial charge on any atom is -0.395 e. The van der Waals surface area contributed by atoms with Gasteiger partial charge in [0.25, 0.3) is 0 Å². The van der Waals surface area contributed by atoms with Gasteiger partial charge in [0.05, 0.1) is 12.9 Å². The summed E-state index contributed by atoms with van der Waals surface area (Å²) in [6, 6.07) is -0.758. The molecule has 1 atom stereocenters.